The molecular formula is C23H19ClFN5O2. The number of rotatable bonds is 1. The number of hydrogen-bond acceptors (Lipinski definition) is 6. The third-order valence-corrected chi connectivity index (χ3v) is 5.49. The molecule has 9 heteroatoms. The highest BCUT2D eigenvalue weighted by Gasteiger charge is 2.25. The molecule has 0 saturated carbocycles. The van der Waals surface area contributed by atoms with E-state index >= 15 is 4.39 Å². The van der Waals surface area contributed by atoms with Gasteiger partial charge in [-0.05, 0) is 38.1 Å². The third-order valence-electron chi connectivity index (χ3n) is 5.18. The smallest absolute Gasteiger partial charge is 0.257 e. The second-order valence-electron chi connectivity index (χ2n) is 8.01. The van der Waals surface area contributed by atoms with Gasteiger partial charge in [0.1, 0.15) is 23.6 Å². The average Bonchev–Trinajstić information content (AvgIpc) is 3.12. The summed E-state index contributed by atoms with van der Waals surface area (Å²) in [5.41, 5.74) is 1.66. The number of nitrogens with zero attached hydrogens (tertiary/aromatic N) is 5. The fourth-order valence-corrected chi connectivity index (χ4v) is 4.03. The number of benzene rings is 2. The number of fused-ring (bicyclic) bond motifs is 4. The van der Waals surface area contributed by atoms with Crippen molar-refractivity contribution >= 4 is 39.8 Å². The van der Waals surface area contributed by atoms with Crippen LogP contribution in [0.5, 0.6) is 0 Å². The molecule has 4 aromatic rings. The SMILES string of the molecule is CC(C)(O)C#Cc1cccc2c1COCCN2c1nc2nncn2c2c(Cl)ccc(F)c12. The first kappa shape index (κ1) is 20.6. The van der Waals surface area contributed by atoms with Crippen molar-refractivity contribution in [1.29, 1.82) is 0 Å². The number of hydrogen-bond donors (Lipinski definition) is 1. The molecule has 0 saturated heterocycles. The van der Waals surface area contributed by atoms with Crippen molar-refractivity contribution in [3.63, 3.8) is 0 Å². The molecule has 2 aromatic heterocycles. The van der Waals surface area contributed by atoms with Crippen LogP contribution in [0.1, 0.15) is 25.0 Å². The number of halogens is 2. The molecule has 2 aromatic carbocycles. The van der Waals surface area contributed by atoms with Crippen LogP contribution in [0, 0.1) is 17.7 Å². The molecule has 0 aliphatic carbocycles. The second kappa shape index (κ2) is 7.71. The van der Waals surface area contributed by atoms with Gasteiger partial charge in [0.15, 0.2) is 0 Å². The minimum atomic E-state index is -1.13. The Morgan fingerprint density at radius 1 is 1.25 bits per heavy atom. The van der Waals surface area contributed by atoms with Crippen LogP contribution in [0.15, 0.2) is 36.7 Å². The monoisotopic (exact) mass is 451 g/mol. The molecule has 1 aliphatic heterocycles. The van der Waals surface area contributed by atoms with E-state index < -0.39 is 11.4 Å². The zero-order valence-corrected chi connectivity index (χ0v) is 18.2. The maximum Gasteiger partial charge on any atom is 0.257 e. The molecule has 0 bridgehead atoms. The standard InChI is InChI=1S/C23H19ClFN5O2/c1-23(2,31)9-8-14-4-3-5-18-15(14)12-32-11-10-29(18)21-19-17(25)7-6-16(24)20(19)30-13-26-28-22(30)27-21/h3-7,13,31H,10-12H2,1-2H3. The van der Waals surface area contributed by atoms with E-state index in [-0.39, 0.29) is 5.39 Å². The van der Waals surface area contributed by atoms with Gasteiger partial charge >= 0.3 is 0 Å². The van der Waals surface area contributed by atoms with Gasteiger partial charge in [-0.15, -0.1) is 10.2 Å². The Morgan fingerprint density at radius 3 is 2.91 bits per heavy atom. The molecule has 0 fully saturated rings. The molecule has 1 aliphatic rings. The van der Waals surface area contributed by atoms with Crippen molar-refractivity contribution in [2.24, 2.45) is 0 Å². The first-order chi connectivity index (χ1) is 15.3. The first-order valence-electron chi connectivity index (χ1n) is 10.0. The first-order valence-corrected chi connectivity index (χ1v) is 10.4. The number of anilines is 2. The van der Waals surface area contributed by atoms with E-state index in [1.807, 2.05) is 23.1 Å². The Labute approximate surface area is 188 Å². The van der Waals surface area contributed by atoms with E-state index in [0.29, 0.717) is 41.9 Å². The van der Waals surface area contributed by atoms with Gasteiger partial charge in [0.05, 0.1) is 29.1 Å². The third kappa shape index (κ3) is 3.54. The summed E-state index contributed by atoms with van der Waals surface area (Å²) in [5, 5.41) is 18.6. The molecule has 0 atom stereocenters. The summed E-state index contributed by atoms with van der Waals surface area (Å²) in [5.74, 6) is 6.13. The van der Waals surface area contributed by atoms with Crippen molar-refractivity contribution < 1.29 is 14.2 Å². The van der Waals surface area contributed by atoms with Crippen LogP contribution in [-0.4, -0.2) is 43.4 Å². The molecule has 7 nitrogen and oxygen atoms in total. The van der Waals surface area contributed by atoms with Crippen LogP contribution >= 0.6 is 11.6 Å². The minimum absolute atomic E-state index is 0.269. The minimum Gasteiger partial charge on any atom is -0.378 e. The largest absolute Gasteiger partial charge is 0.378 e. The van der Waals surface area contributed by atoms with Gasteiger partial charge in [0, 0.05) is 23.4 Å². The predicted molar refractivity (Wildman–Crippen MR) is 120 cm³/mol. The van der Waals surface area contributed by atoms with E-state index in [9.17, 15) is 5.11 Å². The second-order valence-corrected chi connectivity index (χ2v) is 8.41. The Hall–Kier alpha value is -3.25. The molecule has 3 heterocycles. The fourth-order valence-electron chi connectivity index (χ4n) is 3.79. The Bertz CT molecular complexity index is 1420. The lowest BCUT2D eigenvalue weighted by Crippen LogP contribution is -2.23. The predicted octanol–water partition coefficient (Wildman–Crippen LogP) is 3.86. The molecule has 5 rings (SSSR count). The maximum atomic E-state index is 15.2. The zero-order chi connectivity index (χ0) is 22.5. The summed E-state index contributed by atoms with van der Waals surface area (Å²) in [7, 11) is 0. The van der Waals surface area contributed by atoms with Crippen molar-refractivity contribution in [3.8, 4) is 11.8 Å². The lowest BCUT2D eigenvalue weighted by molar-refractivity contribution is 0.133. The highest BCUT2D eigenvalue weighted by Crippen LogP contribution is 2.38. The molecule has 1 N–H and O–H groups in total. The van der Waals surface area contributed by atoms with Crippen molar-refractivity contribution in [3.05, 3.63) is 58.6 Å². The summed E-state index contributed by atoms with van der Waals surface area (Å²) in [4.78, 5) is 6.53. The molecule has 32 heavy (non-hydrogen) atoms. The van der Waals surface area contributed by atoms with E-state index in [2.05, 4.69) is 27.0 Å². The lowest BCUT2D eigenvalue weighted by atomic mass is 10.0. The number of ether oxygens (including phenoxy) is 1. The van der Waals surface area contributed by atoms with E-state index in [1.54, 1.807) is 18.2 Å². The molecule has 0 radical (unpaired) electrons. The van der Waals surface area contributed by atoms with Gasteiger partial charge in [0.2, 0.25) is 0 Å². The highest BCUT2D eigenvalue weighted by atomic mass is 35.5. The van der Waals surface area contributed by atoms with Gasteiger partial charge in [0.25, 0.3) is 5.78 Å². The van der Waals surface area contributed by atoms with Crippen LogP contribution in [0.4, 0.5) is 15.9 Å². The van der Waals surface area contributed by atoms with E-state index in [4.69, 9.17) is 16.3 Å². The topological polar surface area (TPSA) is 75.8 Å². The Kier molecular flexibility index (Phi) is 4.97. The maximum absolute atomic E-state index is 15.2. The number of aliphatic hydroxyl groups is 1. The van der Waals surface area contributed by atoms with Gasteiger partial charge in [-0.2, -0.15) is 4.98 Å². The van der Waals surface area contributed by atoms with Crippen LogP contribution in [-0.2, 0) is 11.3 Å². The van der Waals surface area contributed by atoms with Crippen LogP contribution in [0.25, 0.3) is 16.7 Å². The molecule has 162 valence electrons. The van der Waals surface area contributed by atoms with Gasteiger partial charge in [-0.25, -0.2) is 4.39 Å². The molecule has 0 unspecified atom stereocenters. The van der Waals surface area contributed by atoms with E-state index in [1.165, 1.54) is 18.5 Å². The lowest BCUT2D eigenvalue weighted by Gasteiger charge is -2.25. The van der Waals surface area contributed by atoms with Crippen molar-refractivity contribution in [2.45, 2.75) is 26.1 Å². The van der Waals surface area contributed by atoms with Gasteiger partial charge in [-0.1, -0.05) is 29.5 Å². The summed E-state index contributed by atoms with van der Waals surface area (Å²) in [6, 6.07) is 8.49. The van der Waals surface area contributed by atoms with Crippen LogP contribution < -0.4 is 4.90 Å². The normalized spacial score (nSPS) is 14.2. The van der Waals surface area contributed by atoms with E-state index in [0.717, 1.165) is 16.8 Å². The van der Waals surface area contributed by atoms with Crippen molar-refractivity contribution in [1.82, 2.24) is 19.6 Å². The zero-order valence-electron chi connectivity index (χ0n) is 17.4. The Morgan fingerprint density at radius 2 is 2.09 bits per heavy atom. The molecule has 0 amide bonds. The van der Waals surface area contributed by atoms with Gasteiger partial charge < -0.3 is 14.7 Å². The van der Waals surface area contributed by atoms with Crippen LogP contribution in [0.3, 0.4) is 0 Å². The summed E-state index contributed by atoms with van der Waals surface area (Å²) in [6.45, 7) is 4.42. The summed E-state index contributed by atoms with van der Waals surface area (Å²) >= 11 is 6.46. The highest BCUT2D eigenvalue weighted by molar-refractivity contribution is 6.35. The summed E-state index contributed by atoms with van der Waals surface area (Å²) in [6.07, 6.45) is 1.46. The Balaban J connectivity index is 1.78. The van der Waals surface area contributed by atoms with Gasteiger partial charge in [-0.3, -0.25) is 4.40 Å². The number of aromatic nitrogens is 4. The molecular weight excluding hydrogens is 433 g/mol. The summed E-state index contributed by atoms with van der Waals surface area (Å²) < 4.78 is 22.6. The molecule has 0 spiro atoms. The van der Waals surface area contributed by atoms with Crippen molar-refractivity contribution in [2.75, 3.05) is 18.1 Å². The van der Waals surface area contributed by atoms with Crippen LogP contribution in [0.2, 0.25) is 5.02 Å². The average molecular weight is 452 g/mol. The fraction of sp³-hybridized carbons (Fsp3) is 0.261. The quantitative estimate of drug-likeness (QED) is 0.443.